The molecular formula is C20H18ClN3O3S. The van der Waals surface area contributed by atoms with E-state index in [9.17, 15) is 9.00 Å². The number of fused-ring (bicyclic) bond motifs is 1. The summed E-state index contributed by atoms with van der Waals surface area (Å²) in [6.45, 7) is 2.32. The first-order valence-electron chi connectivity index (χ1n) is 8.81. The zero-order valence-corrected chi connectivity index (χ0v) is 16.7. The monoisotopic (exact) mass is 415 g/mol. The zero-order valence-electron chi connectivity index (χ0n) is 15.1. The molecule has 1 amide bonds. The number of para-hydroxylation sites is 1. The Bertz CT molecular complexity index is 1080. The fourth-order valence-electron chi connectivity index (χ4n) is 3.16. The van der Waals surface area contributed by atoms with Crippen LogP contribution in [0.15, 0.2) is 48.5 Å². The van der Waals surface area contributed by atoms with E-state index >= 15 is 0 Å². The highest BCUT2D eigenvalue weighted by atomic mass is 35.5. The van der Waals surface area contributed by atoms with Crippen LogP contribution in [0.2, 0.25) is 5.02 Å². The van der Waals surface area contributed by atoms with Gasteiger partial charge in [0.05, 0.1) is 35.1 Å². The van der Waals surface area contributed by atoms with Crippen LogP contribution in [0.1, 0.15) is 28.5 Å². The van der Waals surface area contributed by atoms with Gasteiger partial charge in [-0.3, -0.25) is 9.00 Å². The van der Waals surface area contributed by atoms with Crippen LogP contribution in [0.25, 0.3) is 5.69 Å². The number of amides is 1. The van der Waals surface area contributed by atoms with Crippen molar-refractivity contribution in [2.45, 2.75) is 18.4 Å². The number of carbonyl (C=O) groups is 1. The summed E-state index contributed by atoms with van der Waals surface area (Å²) in [6.07, 6.45) is 0. The summed E-state index contributed by atoms with van der Waals surface area (Å²) in [5, 5.41) is 8.09. The largest absolute Gasteiger partial charge is 0.493 e. The maximum absolute atomic E-state index is 13.0. The lowest BCUT2D eigenvalue weighted by Gasteiger charge is -2.13. The van der Waals surface area contributed by atoms with E-state index in [0.717, 1.165) is 16.9 Å². The molecule has 1 N–H and O–H groups in total. The molecule has 0 saturated carbocycles. The van der Waals surface area contributed by atoms with Gasteiger partial charge in [0.2, 0.25) is 0 Å². The summed E-state index contributed by atoms with van der Waals surface area (Å²) in [6, 6.07) is 14.3. The molecule has 8 heteroatoms. The van der Waals surface area contributed by atoms with E-state index in [1.54, 1.807) is 35.0 Å². The van der Waals surface area contributed by atoms with Gasteiger partial charge in [0.15, 0.2) is 0 Å². The summed E-state index contributed by atoms with van der Waals surface area (Å²) in [4.78, 5) is 13.0. The van der Waals surface area contributed by atoms with Gasteiger partial charge in [-0.25, -0.2) is 4.68 Å². The molecule has 2 heterocycles. The van der Waals surface area contributed by atoms with E-state index in [0.29, 0.717) is 40.3 Å². The second-order valence-electron chi connectivity index (χ2n) is 6.28. The van der Waals surface area contributed by atoms with Gasteiger partial charge >= 0.3 is 0 Å². The fourth-order valence-corrected chi connectivity index (χ4v) is 4.61. The lowest BCUT2D eigenvalue weighted by atomic mass is 10.2. The molecule has 0 fully saturated rings. The molecule has 0 radical (unpaired) electrons. The number of anilines is 1. The third-order valence-electron chi connectivity index (χ3n) is 4.39. The second-order valence-corrected chi connectivity index (χ2v) is 8.17. The summed E-state index contributed by atoms with van der Waals surface area (Å²) >= 11 is 6.13. The maximum Gasteiger partial charge on any atom is 0.260 e. The quantitative estimate of drug-likeness (QED) is 0.685. The van der Waals surface area contributed by atoms with E-state index < -0.39 is 10.8 Å². The molecular weight excluding hydrogens is 398 g/mol. The first-order valence-corrected chi connectivity index (χ1v) is 10.7. The Morgan fingerprint density at radius 1 is 1.25 bits per heavy atom. The van der Waals surface area contributed by atoms with Gasteiger partial charge in [0, 0.05) is 21.4 Å². The number of nitrogens with zero attached hydrogens (tertiary/aromatic N) is 2. The number of hydrogen-bond donors (Lipinski definition) is 1. The van der Waals surface area contributed by atoms with Gasteiger partial charge in [0.25, 0.3) is 5.91 Å². The Morgan fingerprint density at radius 2 is 2.07 bits per heavy atom. The molecule has 1 atom stereocenters. The van der Waals surface area contributed by atoms with Crippen LogP contribution < -0.4 is 10.1 Å². The fraction of sp³-hybridized carbons (Fsp3) is 0.200. The van der Waals surface area contributed by atoms with Crippen molar-refractivity contribution in [3.63, 3.8) is 0 Å². The van der Waals surface area contributed by atoms with Crippen LogP contribution in [0, 0.1) is 0 Å². The van der Waals surface area contributed by atoms with Crippen LogP contribution in [0.3, 0.4) is 0 Å². The topological polar surface area (TPSA) is 73.2 Å². The van der Waals surface area contributed by atoms with Crippen molar-refractivity contribution in [2.75, 3.05) is 11.9 Å². The molecule has 1 unspecified atom stereocenters. The van der Waals surface area contributed by atoms with Crippen molar-refractivity contribution in [3.05, 3.63) is 70.4 Å². The van der Waals surface area contributed by atoms with Crippen LogP contribution in [0.5, 0.6) is 5.75 Å². The lowest BCUT2D eigenvalue weighted by molar-refractivity contribution is 0.102. The maximum atomic E-state index is 13.0. The number of rotatable bonds is 5. The summed E-state index contributed by atoms with van der Waals surface area (Å²) < 4.78 is 19.2. The zero-order chi connectivity index (χ0) is 19.7. The minimum absolute atomic E-state index is 0.312. The van der Waals surface area contributed by atoms with Crippen LogP contribution in [0.4, 0.5) is 5.82 Å². The Labute approximate surface area is 169 Å². The predicted octanol–water partition coefficient (Wildman–Crippen LogP) is 3.94. The van der Waals surface area contributed by atoms with E-state index in [1.807, 2.05) is 25.1 Å². The molecule has 0 bridgehead atoms. The summed E-state index contributed by atoms with van der Waals surface area (Å²) in [5.41, 5.74) is 2.67. The van der Waals surface area contributed by atoms with Crippen molar-refractivity contribution >= 4 is 34.1 Å². The molecule has 3 aromatic rings. The number of aromatic nitrogens is 2. The molecule has 28 heavy (non-hydrogen) atoms. The van der Waals surface area contributed by atoms with E-state index in [1.165, 1.54) is 0 Å². The van der Waals surface area contributed by atoms with Crippen LogP contribution in [-0.4, -0.2) is 26.5 Å². The predicted molar refractivity (Wildman–Crippen MR) is 110 cm³/mol. The van der Waals surface area contributed by atoms with Gasteiger partial charge < -0.3 is 10.1 Å². The molecule has 0 spiro atoms. The van der Waals surface area contributed by atoms with Gasteiger partial charge in [-0.1, -0.05) is 29.8 Å². The molecule has 1 aromatic heterocycles. The number of halogens is 1. The normalized spacial score (nSPS) is 15.3. The van der Waals surface area contributed by atoms with Crippen molar-refractivity contribution < 1.29 is 13.7 Å². The number of carbonyl (C=O) groups excluding carboxylic acids is 1. The highest BCUT2D eigenvalue weighted by Gasteiger charge is 2.29. The Hall–Kier alpha value is -2.64. The third kappa shape index (κ3) is 3.55. The molecule has 1 aliphatic heterocycles. The number of ether oxygens (including phenoxy) is 1. The van der Waals surface area contributed by atoms with E-state index in [4.69, 9.17) is 16.3 Å². The van der Waals surface area contributed by atoms with Gasteiger partial charge in [-0.2, -0.15) is 5.10 Å². The lowest BCUT2D eigenvalue weighted by Crippen LogP contribution is -2.17. The smallest absolute Gasteiger partial charge is 0.260 e. The van der Waals surface area contributed by atoms with Crippen LogP contribution >= 0.6 is 11.6 Å². The Balaban J connectivity index is 1.75. The van der Waals surface area contributed by atoms with Crippen molar-refractivity contribution in [1.82, 2.24) is 9.78 Å². The third-order valence-corrected chi connectivity index (χ3v) is 5.83. The summed E-state index contributed by atoms with van der Waals surface area (Å²) in [7, 11) is -1.01. The molecule has 2 aromatic carbocycles. The number of hydrogen-bond acceptors (Lipinski definition) is 4. The van der Waals surface area contributed by atoms with Crippen molar-refractivity contribution in [3.8, 4) is 11.4 Å². The molecule has 144 valence electrons. The highest BCUT2D eigenvalue weighted by Crippen LogP contribution is 2.32. The summed E-state index contributed by atoms with van der Waals surface area (Å²) in [5.74, 6) is 1.45. The standard InChI is InChI=1S/C20H18ClN3O3S/c1-2-27-18-9-4-3-8-15(18)20(25)22-19-16-11-28(26)12-17(16)23-24(19)14-7-5-6-13(21)10-14/h3-10H,2,11-12H2,1H3,(H,22,25). The van der Waals surface area contributed by atoms with E-state index in [2.05, 4.69) is 10.4 Å². The first-order chi connectivity index (χ1) is 13.6. The van der Waals surface area contributed by atoms with Crippen LogP contribution in [-0.2, 0) is 22.3 Å². The van der Waals surface area contributed by atoms with Crippen molar-refractivity contribution in [1.29, 1.82) is 0 Å². The molecule has 0 aliphatic carbocycles. The van der Waals surface area contributed by atoms with Crippen molar-refractivity contribution in [2.24, 2.45) is 0 Å². The van der Waals surface area contributed by atoms with Gasteiger partial charge in [-0.05, 0) is 37.3 Å². The minimum Gasteiger partial charge on any atom is -0.493 e. The number of nitrogens with one attached hydrogen (secondary N) is 1. The molecule has 0 saturated heterocycles. The average Bonchev–Trinajstić information content (AvgIpc) is 3.19. The minimum atomic E-state index is -1.01. The molecule has 1 aliphatic rings. The first kappa shape index (κ1) is 18.7. The average molecular weight is 416 g/mol. The molecule has 4 rings (SSSR count). The Morgan fingerprint density at radius 3 is 2.86 bits per heavy atom. The number of benzene rings is 2. The highest BCUT2D eigenvalue weighted by molar-refractivity contribution is 7.83. The van der Waals surface area contributed by atoms with Gasteiger partial charge in [-0.15, -0.1) is 0 Å². The second kappa shape index (κ2) is 7.77. The molecule has 6 nitrogen and oxygen atoms in total. The Kier molecular flexibility index (Phi) is 5.19. The van der Waals surface area contributed by atoms with Gasteiger partial charge in [0.1, 0.15) is 11.6 Å². The van der Waals surface area contributed by atoms with E-state index in [-0.39, 0.29) is 5.91 Å². The SMILES string of the molecule is CCOc1ccccc1C(=O)Nc1c2c(nn1-c1cccc(Cl)c1)CS(=O)C2.